The van der Waals surface area contributed by atoms with Gasteiger partial charge in [-0.1, -0.05) is 12.1 Å². The zero-order valence-electron chi connectivity index (χ0n) is 8.49. The quantitative estimate of drug-likeness (QED) is 0.823. The van der Waals surface area contributed by atoms with Crippen LogP contribution in [0.4, 0.5) is 0 Å². The minimum Gasteiger partial charge on any atom is -0.508 e. The molecule has 0 amide bonds. The molecule has 2 N–H and O–H groups in total. The molecule has 1 heterocycles. The Morgan fingerprint density at radius 3 is 2.53 bits per heavy atom. The van der Waals surface area contributed by atoms with Gasteiger partial charge in [0.1, 0.15) is 5.75 Å². The van der Waals surface area contributed by atoms with Gasteiger partial charge in [-0.25, -0.2) is 13.2 Å². The molecular formula is C11H8O5S. The number of phenolic OH excluding ortho intramolecular Hbond substituents is 1. The van der Waals surface area contributed by atoms with E-state index in [1.807, 2.05) is 0 Å². The summed E-state index contributed by atoms with van der Waals surface area (Å²) in [4.78, 5) is 10.3. The molecule has 0 unspecified atom stereocenters. The second-order valence-electron chi connectivity index (χ2n) is 3.45. The monoisotopic (exact) mass is 252 g/mol. The Hall–Kier alpha value is -2.08. The lowest BCUT2D eigenvalue weighted by atomic mass is 10.1. The summed E-state index contributed by atoms with van der Waals surface area (Å²) in [7, 11) is -3.88. The van der Waals surface area contributed by atoms with E-state index in [4.69, 9.17) is 5.11 Å². The third-order valence-corrected chi connectivity index (χ3v) is 3.75. The molecule has 1 aliphatic heterocycles. The highest BCUT2D eigenvalue weighted by Crippen LogP contribution is 2.32. The predicted molar refractivity (Wildman–Crippen MR) is 60.7 cm³/mol. The summed E-state index contributed by atoms with van der Waals surface area (Å²) < 4.78 is 23.0. The van der Waals surface area contributed by atoms with Crippen LogP contribution >= 0.6 is 0 Å². The van der Waals surface area contributed by atoms with Crippen molar-refractivity contribution in [1.82, 2.24) is 0 Å². The average Bonchev–Trinajstić information content (AvgIpc) is 2.54. The standard InChI is InChI=1S/C11H8O5S/c12-8-3-1-2-7(6-8)9-4-5-17(15,16)10(9)11(13)14/h1-6,12H,(H,13,14). The molecule has 88 valence electrons. The van der Waals surface area contributed by atoms with Crippen molar-refractivity contribution in [1.29, 1.82) is 0 Å². The van der Waals surface area contributed by atoms with Gasteiger partial charge in [-0.15, -0.1) is 0 Å². The lowest BCUT2D eigenvalue weighted by molar-refractivity contribution is -0.131. The minimum atomic E-state index is -3.88. The molecule has 0 bridgehead atoms. The molecule has 17 heavy (non-hydrogen) atoms. The van der Waals surface area contributed by atoms with Crippen molar-refractivity contribution in [3.8, 4) is 5.75 Å². The van der Waals surface area contributed by atoms with E-state index in [9.17, 15) is 18.3 Å². The maximum atomic E-state index is 11.5. The largest absolute Gasteiger partial charge is 0.508 e. The number of hydrogen-bond donors (Lipinski definition) is 2. The van der Waals surface area contributed by atoms with Gasteiger partial charge >= 0.3 is 5.97 Å². The maximum Gasteiger partial charge on any atom is 0.348 e. The Morgan fingerprint density at radius 2 is 1.94 bits per heavy atom. The number of carboxylic acid groups (broad SMARTS) is 1. The van der Waals surface area contributed by atoms with Crippen LogP contribution in [0.1, 0.15) is 5.56 Å². The molecule has 1 aliphatic rings. The first-order valence-electron chi connectivity index (χ1n) is 4.62. The number of carboxylic acids is 1. The van der Waals surface area contributed by atoms with Crippen molar-refractivity contribution in [2.45, 2.75) is 0 Å². The Kier molecular flexibility index (Phi) is 2.51. The fraction of sp³-hybridized carbons (Fsp3) is 0. The van der Waals surface area contributed by atoms with E-state index in [1.165, 1.54) is 30.3 Å². The van der Waals surface area contributed by atoms with Gasteiger partial charge in [-0.05, 0) is 23.8 Å². The average molecular weight is 252 g/mol. The number of phenols is 1. The molecule has 0 saturated carbocycles. The molecule has 0 aliphatic carbocycles. The summed E-state index contributed by atoms with van der Waals surface area (Å²) in [5.41, 5.74) is 0.424. The van der Waals surface area contributed by atoms with Gasteiger partial charge in [0.05, 0.1) is 0 Å². The SMILES string of the molecule is O=C(O)C1=C(c2cccc(O)c2)C=CS1(=O)=O. The van der Waals surface area contributed by atoms with E-state index < -0.39 is 20.7 Å². The van der Waals surface area contributed by atoms with Gasteiger partial charge in [-0.2, -0.15) is 0 Å². The van der Waals surface area contributed by atoms with Gasteiger partial charge in [0, 0.05) is 11.0 Å². The van der Waals surface area contributed by atoms with E-state index in [0.29, 0.717) is 5.56 Å². The smallest absolute Gasteiger partial charge is 0.348 e. The predicted octanol–water partition coefficient (Wildman–Crippen LogP) is 1.13. The second-order valence-corrected chi connectivity index (χ2v) is 5.22. The highest BCUT2D eigenvalue weighted by molar-refractivity contribution is 7.99. The molecule has 1 aromatic carbocycles. The van der Waals surface area contributed by atoms with Crippen molar-refractivity contribution in [3.63, 3.8) is 0 Å². The lowest BCUT2D eigenvalue weighted by Gasteiger charge is -2.03. The van der Waals surface area contributed by atoms with Crippen molar-refractivity contribution in [3.05, 3.63) is 46.2 Å². The van der Waals surface area contributed by atoms with Crippen LogP contribution in [0.2, 0.25) is 0 Å². The molecule has 0 saturated heterocycles. The van der Waals surface area contributed by atoms with Crippen LogP contribution < -0.4 is 0 Å². The lowest BCUT2D eigenvalue weighted by Crippen LogP contribution is -2.09. The molecule has 0 aromatic heterocycles. The third-order valence-electron chi connectivity index (χ3n) is 2.29. The molecule has 5 nitrogen and oxygen atoms in total. The Labute approximate surface area is 97.2 Å². The highest BCUT2D eigenvalue weighted by atomic mass is 32.2. The third kappa shape index (κ3) is 1.94. The van der Waals surface area contributed by atoms with Crippen molar-refractivity contribution >= 4 is 21.4 Å². The van der Waals surface area contributed by atoms with Crippen molar-refractivity contribution in [2.75, 3.05) is 0 Å². The summed E-state index contributed by atoms with van der Waals surface area (Å²) >= 11 is 0. The van der Waals surface area contributed by atoms with E-state index in [0.717, 1.165) is 5.41 Å². The summed E-state index contributed by atoms with van der Waals surface area (Å²) in [5.74, 6) is -1.56. The van der Waals surface area contributed by atoms with E-state index in [-0.39, 0.29) is 11.3 Å². The van der Waals surface area contributed by atoms with Crippen LogP contribution in [-0.2, 0) is 14.6 Å². The normalized spacial score (nSPS) is 17.4. The van der Waals surface area contributed by atoms with Crippen molar-refractivity contribution in [2.24, 2.45) is 0 Å². The molecule has 1 aromatic rings. The Morgan fingerprint density at radius 1 is 1.24 bits per heavy atom. The maximum absolute atomic E-state index is 11.5. The van der Waals surface area contributed by atoms with Gasteiger partial charge in [0.15, 0.2) is 4.91 Å². The Bertz CT molecular complexity index is 652. The van der Waals surface area contributed by atoms with Crippen LogP contribution in [0.25, 0.3) is 5.57 Å². The summed E-state index contributed by atoms with van der Waals surface area (Å²) in [6.07, 6.45) is 1.22. The highest BCUT2D eigenvalue weighted by Gasteiger charge is 2.31. The number of sulfone groups is 1. The number of allylic oxidation sites excluding steroid dienone is 2. The van der Waals surface area contributed by atoms with E-state index in [1.54, 1.807) is 0 Å². The van der Waals surface area contributed by atoms with Gasteiger partial charge < -0.3 is 10.2 Å². The van der Waals surface area contributed by atoms with Gasteiger partial charge in [0.2, 0.25) is 9.84 Å². The summed E-state index contributed by atoms with van der Waals surface area (Å²) in [6.45, 7) is 0. The van der Waals surface area contributed by atoms with E-state index in [2.05, 4.69) is 0 Å². The summed E-state index contributed by atoms with van der Waals surface area (Å²) in [6, 6.07) is 5.76. The van der Waals surface area contributed by atoms with Crippen LogP contribution in [0.5, 0.6) is 5.75 Å². The molecule has 2 rings (SSSR count). The van der Waals surface area contributed by atoms with E-state index >= 15 is 0 Å². The minimum absolute atomic E-state index is 0.0579. The number of hydrogen-bond acceptors (Lipinski definition) is 4. The van der Waals surface area contributed by atoms with Crippen LogP contribution in [0, 0.1) is 0 Å². The molecule has 0 radical (unpaired) electrons. The first-order chi connectivity index (χ1) is 7.92. The number of aliphatic carboxylic acids is 1. The van der Waals surface area contributed by atoms with Gasteiger partial charge in [-0.3, -0.25) is 0 Å². The molecule has 0 atom stereocenters. The second kappa shape index (κ2) is 3.74. The number of rotatable bonds is 2. The number of benzene rings is 1. The van der Waals surface area contributed by atoms with Crippen LogP contribution in [0.3, 0.4) is 0 Å². The number of aromatic hydroxyl groups is 1. The zero-order chi connectivity index (χ0) is 12.6. The molecule has 0 fully saturated rings. The Balaban J connectivity index is 2.69. The fourth-order valence-corrected chi connectivity index (χ4v) is 2.78. The first-order valence-corrected chi connectivity index (χ1v) is 6.16. The molecule has 6 heteroatoms. The topological polar surface area (TPSA) is 91.7 Å². The van der Waals surface area contributed by atoms with Gasteiger partial charge in [0.25, 0.3) is 0 Å². The molecule has 0 spiro atoms. The molecular weight excluding hydrogens is 244 g/mol. The first kappa shape index (κ1) is 11.4. The number of carbonyl (C=O) groups is 1. The van der Waals surface area contributed by atoms with Crippen LogP contribution in [0.15, 0.2) is 40.7 Å². The van der Waals surface area contributed by atoms with Crippen LogP contribution in [-0.4, -0.2) is 24.6 Å². The zero-order valence-corrected chi connectivity index (χ0v) is 9.31. The van der Waals surface area contributed by atoms with Crippen molar-refractivity contribution < 1.29 is 23.4 Å². The fourth-order valence-electron chi connectivity index (χ4n) is 1.59. The summed E-state index contributed by atoms with van der Waals surface area (Å²) in [5, 5.41) is 19.0.